The highest BCUT2D eigenvalue weighted by molar-refractivity contribution is 5.87. The number of aliphatic hydroxyl groups is 5. The van der Waals surface area contributed by atoms with Crippen LogP contribution in [0.25, 0.3) is 0 Å². The van der Waals surface area contributed by atoms with Crippen molar-refractivity contribution in [3.05, 3.63) is 114 Å². The molecular weight excluding hydrogens is 857 g/mol. The third-order valence-electron chi connectivity index (χ3n) is 15.3. The summed E-state index contributed by atoms with van der Waals surface area (Å²) in [6.45, 7) is 4.88. The first kappa shape index (κ1) is 48.3. The van der Waals surface area contributed by atoms with Crippen LogP contribution in [0.3, 0.4) is 0 Å². The molecule has 3 aromatic rings. The quantitative estimate of drug-likeness (QED) is 0.0780. The van der Waals surface area contributed by atoms with E-state index in [4.69, 9.17) is 23.7 Å². The highest BCUT2D eigenvalue weighted by Crippen LogP contribution is 2.61. The number of methoxy groups -OCH3 is 1. The Morgan fingerprint density at radius 1 is 1.13 bits per heavy atom. The van der Waals surface area contributed by atoms with Crippen molar-refractivity contribution in [1.29, 1.82) is 5.26 Å². The van der Waals surface area contributed by atoms with Gasteiger partial charge in [-0.05, 0) is 140 Å². The van der Waals surface area contributed by atoms with Gasteiger partial charge in [0.2, 0.25) is 6.29 Å². The van der Waals surface area contributed by atoms with Gasteiger partial charge in [0.1, 0.15) is 42.3 Å². The number of hydrogen-bond donors (Lipinski definition) is 6. The average molecular weight is 921 g/mol. The van der Waals surface area contributed by atoms with Crippen molar-refractivity contribution < 1.29 is 59.1 Å². The average Bonchev–Trinajstić information content (AvgIpc) is 3.86. The molecule has 2 saturated carbocycles. The van der Waals surface area contributed by atoms with Crippen molar-refractivity contribution in [3.63, 3.8) is 0 Å². The molecule has 6 N–H and O–H groups in total. The number of rotatable bonds is 16. The van der Waals surface area contributed by atoms with Gasteiger partial charge >= 0.3 is 5.97 Å². The predicted octanol–water partition coefficient (Wildman–Crippen LogP) is 5.46. The maximum atomic E-state index is 12.7. The number of nitrogens with zero attached hydrogens (tertiary/aromatic N) is 2. The van der Waals surface area contributed by atoms with Gasteiger partial charge in [0, 0.05) is 51.4 Å². The number of benzene rings is 2. The first-order chi connectivity index (χ1) is 32.3. The summed E-state index contributed by atoms with van der Waals surface area (Å²) in [5.41, 5.74) is 0.102. The molecule has 14 heteroatoms. The maximum Gasteiger partial charge on any atom is 0.335 e. The molecule has 3 bridgehead atoms. The minimum absolute atomic E-state index is 0.00250. The molecule has 13 unspecified atom stereocenters. The van der Waals surface area contributed by atoms with E-state index in [2.05, 4.69) is 24.7 Å². The topological polar surface area (TPSA) is 213 Å². The van der Waals surface area contributed by atoms with Crippen LogP contribution in [-0.2, 0) is 44.8 Å². The maximum absolute atomic E-state index is 12.7. The molecule has 9 rings (SSSR count). The second-order valence-corrected chi connectivity index (χ2v) is 19.7. The fraction of sp³-hybridized carbons (Fsp3) is 0.547. The molecule has 2 aromatic carbocycles. The van der Waals surface area contributed by atoms with Crippen molar-refractivity contribution in [3.8, 4) is 23.8 Å². The minimum atomic E-state index is -1.78. The number of hydrogen-bond acceptors (Lipinski definition) is 12. The third-order valence-corrected chi connectivity index (χ3v) is 15.3. The summed E-state index contributed by atoms with van der Waals surface area (Å²) in [5, 5.41) is 78.3. The zero-order valence-corrected chi connectivity index (χ0v) is 38.1. The Morgan fingerprint density at radius 2 is 1.96 bits per heavy atom. The van der Waals surface area contributed by atoms with Gasteiger partial charge in [-0.1, -0.05) is 30.2 Å². The molecule has 14 nitrogen and oxygen atoms in total. The monoisotopic (exact) mass is 920 g/mol. The fourth-order valence-corrected chi connectivity index (χ4v) is 12.0. The van der Waals surface area contributed by atoms with E-state index in [9.17, 15) is 40.7 Å². The van der Waals surface area contributed by atoms with Gasteiger partial charge in [0.15, 0.2) is 5.60 Å². The SMILES string of the molecule is C=CCc1ccc(OC2OC3C(CCCO)OC#CCC(O)C4CC2(OC=CC42CCC4CC(Cc5ccc(C(=O)O)cc5)CC4(O)C2)C(O)C3O)cc1CC(COC)Cn1ccc(C#N)c1. The summed E-state index contributed by atoms with van der Waals surface area (Å²) in [4.78, 5) is 11.5. The van der Waals surface area contributed by atoms with Crippen LogP contribution in [0.2, 0.25) is 0 Å². The molecule has 0 radical (unpaired) electrons. The fourth-order valence-electron chi connectivity index (χ4n) is 12.0. The van der Waals surface area contributed by atoms with Crippen molar-refractivity contribution in [2.75, 3.05) is 20.3 Å². The number of carbonyl (C=O) groups is 1. The molecule has 5 heterocycles. The summed E-state index contributed by atoms with van der Waals surface area (Å²) >= 11 is 0. The Morgan fingerprint density at radius 3 is 2.69 bits per heavy atom. The number of allylic oxidation sites excluding steroid dienone is 2. The number of aromatic carboxylic acids is 1. The molecule has 2 spiro atoms. The molecule has 3 fully saturated rings. The summed E-state index contributed by atoms with van der Waals surface area (Å²) in [6, 6.07) is 16.6. The molecule has 2 aliphatic carbocycles. The second kappa shape index (κ2) is 20.6. The summed E-state index contributed by atoms with van der Waals surface area (Å²) in [5.74, 6) is 1.92. The van der Waals surface area contributed by atoms with E-state index in [0.717, 1.165) is 23.1 Å². The molecular formula is C53H64N2O12. The highest BCUT2D eigenvalue weighted by atomic mass is 16.7. The van der Waals surface area contributed by atoms with E-state index in [1.54, 1.807) is 25.3 Å². The number of nitriles is 1. The smallest absolute Gasteiger partial charge is 0.335 e. The van der Waals surface area contributed by atoms with E-state index >= 15 is 0 Å². The van der Waals surface area contributed by atoms with E-state index in [0.29, 0.717) is 75.8 Å². The van der Waals surface area contributed by atoms with E-state index in [-0.39, 0.29) is 49.2 Å². The van der Waals surface area contributed by atoms with Gasteiger partial charge in [-0.15, -0.1) is 6.58 Å². The van der Waals surface area contributed by atoms with Crippen LogP contribution in [0.4, 0.5) is 0 Å². The van der Waals surface area contributed by atoms with E-state index in [1.807, 2.05) is 59.4 Å². The molecule has 1 aromatic heterocycles. The number of aromatic nitrogens is 1. The predicted molar refractivity (Wildman–Crippen MR) is 245 cm³/mol. The number of fused-ring (bicyclic) bond motifs is 7. The van der Waals surface area contributed by atoms with Crippen LogP contribution in [-0.4, -0.2) is 110 Å². The highest BCUT2D eigenvalue weighted by Gasteiger charge is 2.65. The molecule has 67 heavy (non-hydrogen) atoms. The molecule has 6 aliphatic rings. The normalized spacial score (nSPS) is 33.6. The first-order valence-corrected chi connectivity index (χ1v) is 23.6. The van der Waals surface area contributed by atoms with Crippen LogP contribution < -0.4 is 4.74 Å². The summed E-state index contributed by atoms with van der Waals surface area (Å²) < 4.78 is 34.0. The zero-order chi connectivity index (χ0) is 47.3. The molecule has 1 saturated heterocycles. The lowest BCUT2D eigenvalue weighted by molar-refractivity contribution is -0.334. The third kappa shape index (κ3) is 10.2. The lowest BCUT2D eigenvalue weighted by Gasteiger charge is -2.54. The standard InChI is InChI=1S/C53H64N2O12/c1-3-6-38-13-14-42(26-40(38)24-37(32-63-2)31-55-19-16-35(29-54)30-55)66-50-53-28-43(44(57)7-5-21-64-45(8-4-20-56)47(67-50)46(58)48(53)59)51(18-22-65-53)17-15-41-25-36(27-52(41,62)33-51)23-34-9-11-39(12-10-34)49(60)61/h3,9-14,16,18-19,22,26,30,36-37,41,43-48,50,56-59,62H,1,4,6-8,15,17,20,23-25,27-28,31-33H2,2H3,(H,60,61). The van der Waals surface area contributed by atoms with Crippen molar-refractivity contribution in [2.45, 2.75) is 132 Å². The number of ether oxygens (including phenoxy) is 5. The van der Waals surface area contributed by atoms with Gasteiger partial charge in [0.25, 0.3) is 0 Å². The van der Waals surface area contributed by atoms with Gasteiger partial charge in [-0.25, -0.2) is 4.79 Å². The van der Waals surface area contributed by atoms with E-state index in [1.165, 1.54) is 6.26 Å². The molecule has 358 valence electrons. The van der Waals surface area contributed by atoms with Gasteiger partial charge in [0.05, 0.1) is 35.7 Å². The first-order valence-electron chi connectivity index (χ1n) is 23.6. The summed E-state index contributed by atoms with van der Waals surface area (Å²) in [7, 11) is 1.66. The lowest BCUT2D eigenvalue weighted by atomic mass is 9.55. The Bertz CT molecular complexity index is 2350. The Hall–Kier alpha value is -5.16. The Balaban J connectivity index is 1.13. The van der Waals surface area contributed by atoms with Crippen LogP contribution in [0.15, 0.2) is 85.9 Å². The van der Waals surface area contributed by atoms with Crippen molar-refractivity contribution in [1.82, 2.24) is 4.57 Å². The Kier molecular flexibility index (Phi) is 14.9. The number of carboxylic acids is 1. The second-order valence-electron chi connectivity index (χ2n) is 19.7. The van der Waals surface area contributed by atoms with Crippen LogP contribution in [0, 0.1) is 52.4 Å². The Labute approximate surface area is 392 Å². The van der Waals surface area contributed by atoms with E-state index < -0.39 is 65.3 Å². The summed E-state index contributed by atoms with van der Waals surface area (Å²) in [6.07, 6.45) is 9.34. The minimum Gasteiger partial charge on any atom is -0.486 e. The van der Waals surface area contributed by atoms with Gasteiger partial charge in [-0.3, -0.25) is 0 Å². The van der Waals surface area contributed by atoms with Crippen LogP contribution in [0.5, 0.6) is 5.75 Å². The molecule has 13 atom stereocenters. The van der Waals surface area contributed by atoms with Crippen molar-refractivity contribution >= 4 is 5.97 Å². The largest absolute Gasteiger partial charge is 0.486 e. The molecule has 0 amide bonds. The van der Waals surface area contributed by atoms with Gasteiger partial charge < -0.3 is 58.9 Å². The molecule has 4 aliphatic heterocycles. The van der Waals surface area contributed by atoms with Crippen molar-refractivity contribution in [2.24, 2.45) is 29.1 Å². The lowest BCUT2D eigenvalue weighted by Crippen LogP contribution is -2.70. The van der Waals surface area contributed by atoms with Gasteiger partial charge in [-0.2, -0.15) is 5.26 Å². The van der Waals surface area contributed by atoms with Crippen LogP contribution >= 0.6 is 0 Å². The zero-order valence-electron chi connectivity index (χ0n) is 38.1. The van der Waals surface area contributed by atoms with Crippen LogP contribution in [0.1, 0.15) is 90.4 Å². The number of carboxylic acid groups (broad SMARTS) is 1. The number of aliphatic hydroxyl groups excluding tert-OH is 4.